The lowest BCUT2D eigenvalue weighted by Crippen LogP contribution is -2.44. The summed E-state index contributed by atoms with van der Waals surface area (Å²) >= 11 is 0. The third-order valence-electron chi connectivity index (χ3n) is 9.28. The Morgan fingerprint density at radius 3 is 2.41 bits per heavy atom. The molecule has 4 aliphatic rings. The van der Waals surface area contributed by atoms with Crippen molar-refractivity contribution in [3.8, 4) is 0 Å². The molecule has 2 unspecified atom stereocenters. The van der Waals surface area contributed by atoms with E-state index in [1.807, 2.05) is 0 Å². The molecule has 0 aromatic heterocycles. The minimum atomic E-state index is 0.196. The van der Waals surface area contributed by atoms with Gasteiger partial charge in [0.05, 0.1) is 0 Å². The van der Waals surface area contributed by atoms with Crippen LogP contribution in [0.1, 0.15) is 84.0 Å². The van der Waals surface area contributed by atoms with Crippen molar-refractivity contribution in [3.63, 3.8) is 0 Å². The molecule has 4 aliphatic carbocycles. The van der Waals surface area contributed by atoms with Gasteiger partial charge < -0.3 is 11.1 Å². The van der Waals surface area contributed by atoms with Crippen molar-refractivity contribution in [2.24, 2.45) is 53.1 Å². The third-order valence-corrected chi connectivity index (χ3v) is 9.28. The Labute approximate surface area is 166 Å². The van der Waals surface area contributed by atoms with E-state index < -0.39 is 0 Å². The van der Waals surface area contributed by atoms with E-state index >= 15 is 0 Å². The zero-order chi connectivity index (χ0) is 18.8. The average Bonchev–Trinajstić information content (AvgIpc) is 3.14. The Hall–Kier alpha value is -0.570. The first kappa shape index (κ1) is 19.7. The predicted octanol–water partition coefficient (Wildman–Crippen LogP) is 4.75. The number of nitrogens with one attached hydrogen (secondary N) is 1. The molecule has 0 bridgehead atoms. The highest BCUT2D eigenvalue weighted by Gasteiger charge is 2.51. The van der Waals surface area contributed by atoms with Crippen LogP contribution in [-0.4, -0.2) is 19.0 Å². The van der Waals surface area contributed by atoms with Gasteiger partial charge in [-0.05, 0) is 98.7 Å². The van der Waals surface area contributed by atoms with Gasteiger partial charge in [0.2, 0.25) is 5.91 Å². The van der Waals surface area contributed by atoms with Crippen LogP contribution in [0.25, 0.3) is 0 Å². The number of amides is 1. The maximum absolute atomic E-state index is 12.0. The van der Waals surface area contributed by atoms with Gasteiger partial charge in [-0.15, -0.1) is 0 Å². The third kappa shape index (κ3) is 4.09. The molecule has 3 N–H and O–H groups in total. The molecule has 4 rings (SSSR count). The molecule has 3 nitrogen and oxygen atoms in total. The monoisotopic (exact) mass is 374 g/mol. The van der Waals surface area contributed by atoms with Gasteiger partial charge in [0.25, 0.3) is 0 Å². The van der Waals surface area contributed by atoms with Crippen LogP contribution in [0.4, 0.5) is 0 Å². The van der Waals surface area contributed by atoms with Crippen LogP contribution in [-0.2, 0) is 4.79 Å². The summed E-state index contributed by atoms with van der Waals surface area (Å²) in [6.45, 7) is 3.58. The number of fused-ring (bicyclic) bond motifs is 5. The molecule has 3 heteroatoms. The van der Waals surface area contributed by atoms with E-state index in [-0.39, 0.29) is 5.91 Å². The summed E-state index contributed by atoms with van der Waals surface area (Å²) in [4.78, 5) is 12.0. The van der Waals surface area contributed by atoms with Crippen molar-refractivity contribution in [2.45, 2.75) is 84.0 Å². The van der Waals surface area contributed by atoms with E-state index in [0.29, 0.717) is 25.4 Å². The van der Waals surface area contributed by atoms with Crippen LogP contribution >= 0.6 is 0 Å². The Kier molecular flexibility index (Phi) is 6.46. The second kappa shape index (κ2) is 8.84. The first-order valence-electron chi connectivity index (χ1n) is 12.2. The van der Waals surface area contributed by atoms with Crippen molar-refractivity contribution in [3.05, 3.63) is 0 Å². The van der Waals surface area contributed by atoms with E-state index in [2.05, 4.69) is 12.2 Å². The Morgan fingerprint density at radius 1 is 0.889 bits per heavy atom. The van der Waals surface area contributed by atoms with Crippen molar-refractivity contribution in [2.75, 3.05) is 13.1 Å². The van der Waals surface area contributed by atoms with E-state index in [9.17, 15) is 4.79 Å². The van der Waals surface area contributed by atoms with Gasteiger partial charge in [-0.25, -0.2) is 0 Å². The van der Waals surface area contributed by atoms with Gasteiger partial charge in [0.1, 0.15) is 0 Å². The van der Waals surface area contributed by atoms with Crippen LogP contribution in [0.5, 0.6) is 0 Å². The number of rotatable bonds is 6. The molecule has 0 aliphatic heterocycles. The highest BCUT2D eigenvalue weighted by atomic mass is 16.1. The molecule has 0 heterocycles. The standard InChI is InChI=1S/C24H42N2O/c1-16(6-13-24(27)26-15-14-25)18-9-10-23-20(18)11-12-21-19-5-3-2-4-17(19)7-8-22(21)23/h16-23H,2-15,25H2,1H3,(H,26,27)/t16?,17-,18?,19-,20+,21+,22+,23+/m0/s1. The molecule has 0 saturated heterocycles. The Morgan fingerprint density at radius 2 is 1.56 bits per heavy atom. The summed E-state index contributed by atoms with van der Waals surface area (Å²) in [6, 6.07) is 0. The van der Waals surface area contributed by atoms with Crippen molar-refractivity contribution >= 4 is 5.91 Å². The maximum Gasteiger partial charge on any atom is 0.220 e. The lowest BCUT2D eigenvalue weighted by Gasteiger charge is -2.52. The summed E-state index contributed by atoms with van der Waals surface area (Å²) in [5, 5.41) is 2.93. The second-order valence-electron chi connectivity index (χ2n) is 10.4. The smallest absolute Gasteiger partial charge is 0.220 e. The minimum Gasteiger partial charge on any atom is -0.355 e. The molecule has 0 radical (unpaired) electrons. The van der Waals surface area contributed by atoms with Gasteiger partial charge in [-0.1, -0.05) is 26.2 Å². The highest BCUT2D eigenvalue weighted by molar-refractivity contribution is 5.75. The van der Waals surface area contributed by atoms with Crippen LogP contribution in [0, 0.1) is 47.3 Å². The van der Waals surface area contributed by atoms with Crippen LogP contribution in [0.2, 0.25) is 0 Å². The molecular weight excluding hydrogens is 332 g/mol. The van der Waals surface area contributed by atoms with Crippen molar-refractivity contribution < 1.29 is 4.79 Å². The molecule has 1 amide bonds. The van der Waals surface area contributed by atoms with E-state index in [1.54, 1.807) is 6.42 Å². The van der Waals surface area contributed by atoms with Crippen LogP contribution in [0.15, 0.2) is 0 Å². The summed E-state index contributed by atoms with van der Waals surface area (Å²) in [5.74, 6) is 8.05. The quantitative estimate of drug-likeness (QED) is 0.705. The fourth-order valence-corrected chi connectivity index (χ4v) is 8.11. The SMILES string of the molecule is CC(CCC(=O)NCCN)C1CC[C@H]2[C@@H]3CC[C@@H]4CCCC[C@@H]4[C@H]3CC[C@H]12. The summed E-state index contributed by atoms with van der Waals surface area (Å²) < 4.78 is 0. The molecule has 8 atom stereocenters. The summed E-state index contributed by atoms with van der Waals surface area (Å²) in [7, 11) is 0. The molecular formula is C24H42N2O. The van der Waals surface area contributed by atoms with E-state index in [4.69, 9.17) is 5.73 Å². The molecule has 4 fully saturated rings. The van der Waals surface area contributed by atoms with E-state index in [1.165, 1.54) is 57.8 Å². The Balaban J connectivity index is 1.33. The van der Waals surface area contributed by atoms with Gasteiger partial charge >= 0.3 is 0 Å². The van der Waals surface area contributed by atoms with E-state index in [0.717, 1.165) is 47.8 Å². The molecule has 0 aromatic carbocycles. The molecule has 0 spiro atoms. The number of hydrogen-bond donors (Lipinski definition) is 2. The molecule has 154 valence electrons. The second-order valence-corrected chi connectivity index (χ2v) is 10.4. The first-order chi connectivity index (χ1) is 13.2. The molecule has 4 saturated carbocycles. The first-order valence-corrected chi connectivity index (χ1v) is 12.2. The van der Waals surface area contributed by atoms with Crippen LogP contribution in [0.3, 0.4) is 0 Å². The molecule has 27 heavy (non-hydrogen) atoms. The topological polar surface area (TPSA) is 55.1 Å². The number of hydrogen-bond acceptors (Lipinski definition) is 2. The van der Waals surface area contributed by atoms with Crippen molar-refractivity contribution in [1.29, 1.82) is 0 Å². The zero-order valence-corrected chi connectivity index (χ0v) is 17.5. The lowest BCUT2D eigenvalue weighted by molar-refractivity contribution is -0.121. The summed E-state index contributed by atoms with van der Waals surface area (Å²) in [5.41, 5.74) is 5.49. The predicted molar refractivity (Wildman–Crippen MR) is 111 cm³/mol. The fraction of sp³-hybridized carbons (Fsp3) is 0.958. The van der Waals surface area contributed by atoms with Crippen LogP contribution < -0.4 is 11.1 Å². The largest absolute Gasteiger partial charge is 0.355 e. The Bertz CT molecular complexity index is 507. The van der Waals surface area contributed by atoms with Gasteiger partial charge in [-0.3, -0.25) is 4.79 Å². The number of carbonyl (C=O) groups excluding carboxylic acids is 1. The summed E-state index contributed by atoms with van der Waals surface area (Å²) in [6.07, 6.45) is 16.8. The minimum absolute atomic E-state index is 0.196. The maximum atomic E-state index is 12.0. The number of carbonyl (C=O) groups is 1. The van der Waals surface area contributed by atoms with Gasteiger partial charge in [0, 0.05) is 19.5 Å². The molecule has 0 aromatic rings. The van der Waals surface area contributed by atoms with Crippen molar-refractivity contribution in [1.82, 2.24) is 5.32 Å². The highest BCUT2D eigenvalue weighted by Crippen LogP contribution is 2.60. The average molecular weight is 375 g/mol. The zero-order valence-electron chi connectivity index (χ0n) is 17.5. The fourth-order valence-electron chi connectivity index (χ4n) is 8.11. The number of nitrogens with two attached hydrogens (primary N) is 1. The lowest BCUT2D eigenvalue weighted by atomic mass is 9.53. The van der Waals surface area contributed by atoms with Gasteiger partial charge in [0.15, 0.2) is 0 Å². The van der Waals surface area contributed by atoms with Gasteiger partial charge in [-0.2, -0.15) is 0 Å². The normalized spacial score (nSPS) is 41.9.